The molecule has 0 spiro atoms. The number of nitrogens with zero attached hydrogens (tertiary/aromatic N) is 1. The van der Waals surface area contributed by atoms with Crippen molar-refractivity contribution in [2.45, 2.75) is 13.0 Å². The zero-order valence-corrected chi connectivity index (χ0v) is 8.47. The van der Waals surface area contributed by atoms with Crippen LogP contribution in [0.4, 0.5) is 0 Å². The van der Waals surface area contributed by atoms with Gasteiger partial charge in [-0.15, -0.1) is 0 Å². The molecule has 0 saturated carbocycles. The predicted molar refractivity (Wildman–Crippen MR) is 51.6 cm³/mol. The highest BCUT2D eigenvalue weighted by atomic mass is 79.9. The molecule has 2 unspecified atom stereocenters. The maximum atomic E-state index is 5.86. The third kappa shape index (κ3) is 2.58. The van der Waals surface area contributed by atoms with Gasteiger partial charge < -0.3 is 5.73 Å². The largest absolute Gasteiger partial charge is 0.326 e. The van der Waals surface area contributed by atoms with Gasteiger partial charge in [0.05, 0.1) is 0 Å². The summed E-state index contributed by atoms with van der Waals surface area (Å²) in [5.74, 6) is 0.627. The first-order valence-electron chi connectivity index (χ1n) is 3.91. The highest BCUT2D eigenvalue weighted by Crippen LogP contribution is 2.16. The molecule has 1 aliphatic rings. The first kappa shape index (κ1) is 9.23. The third-order valence-electron chi connectivity index (χ3n) is 2.14. The van der Waals surface area contributed by atoms with E-state index in [-0.39, 0.29) is 0 Å². The van der Waals surface area contributed by atoms with Crippen LogP contribution in [0.5, 0.6) is 0 Å². The molecule has 2 N–H and O–H groups in total. The Labute approximate surface area is 76.6 Å². The topological polar surface area (TPSA) is 29.3 Å². The smallest absolute Gasteiger partial charge is 0.0294 e. The average Bonchev–Trinajstić information content (AvgIpc) is 2.10. The minimum atomic E-state index is 0.349. The summed E-state index contributed by atoms with van der Waals surface area (Å²) < 4.78 is 1.04. The summed E-state index contributed by atoms with van der Waals surface area (Å²) >= 11 is 3.35. The lowest BCUT2D eigenvalue weighted by atomic mass is 10.1. The molecule has 2 nitrogen and oxygen atoms in total. The number of rotatable bonds is 2. The molecule has 0 aromatic rings. The molecular formula is C8H15BrN2. The number of hydrogen-bond donors (Lipinski definition) is 1. The van der Waals surface area contributed by atoms with Gasteiger partial charge in [-0.25, -0.2) is 0 Å². The molecule has 11 heavy (non-hydrogen) atoms. The number of nitrogens with two attached hydrogens (primary N) is 1. The predicted octanol–water partition coefficient (Wildman–Crippen LogP) is 1.17. The monoisotopic (exact) mass is 218 g/mol. The van der Waals surface area contributed by atoms with Crippen LogP contribution in [-0.4, -0.2) is 30.6 Å². The Hall–Kier alpha value is 0.140. The molecule has 1 fully saturated rings. The standard InChI is InChI=1S/C8H15BrN2/c1-6-3-11(4-7(2)9)5-8(6)10/h6,8H,2-5,10H2,1H3. The lowest BCUT2D eigenvalue weighted by Gasteiger charge is -2.13. The first-order valence-corrected chi connectivity index (χ1v) is 4.70. The lowest BCUT2D eigenvalue weighted by Crippen LogP contribution is -2.28. The quantitative estimate of drug-likeness (QED) is 0.755. The Balaban J connectivity index is 2.35. The van der Waals surface area contributed by atoms with Crippen molar-refractivity contribution >= 4 is 15.9 Å². The summed E-state index contributed by atoms with van der Waals surface area (Å²) in [6.07, 6.45) is 0. The minimum Gasteiger partial charge on any atom is -0.326 e. The summed E-state index contributed by atoms with van der Waals surface area (Å²) in [5.41, 5.74) is 5.86. The summed E-state index contributed by atoms with van der Waals surface area (Å²) in [7, 11) is 0. The van der Waals surface area contributed by atoms with E-state index in [1.165, 1.54) is 0 Å². The molecule has 0 aromatic heterocycles. The Morgan fingerprint density at radius 3 is 2.73 bits per heavy atom. The van der Waals surface area contributed by atoms with E-state index < -0.39 is 0 Å². The average molecular weight is 219 g/mol. The fourth-order valence-electron chi connectivity index (χ4n) is 1.47. The van der Waals surface area contributed by atoms with Crippen molar-refractivity contribution in [1.82, 2.24) is 4.90 Å². The highest BCUT2D eigenvalue weighted by molar-refractivity contribution is 9.11. The minimum absolute atomic E-state index is 0.349. The van der Waals surface area contributed by atoms with E-state index in [2.05, 4.69) is 34.3 Å². The first-order chi connectivity index (χ1) is 5.09. The normalized spacial score (nSPS) is 32.6. The third-order valence-corrected chi connectivity index (χ3v) is 2.39. The van der Waals surface area contributed by atoms with Crippen LogP contribution >= 0.6 is 15.9 Å². The fraction of sp³-hybridized carbons (Fsp3) is 0.750. The van der Waals surface area contributed by atoms with Gasteiger partial charge in [-0.3, -0.25) is 4.90 Å². The molecular weight excluding hydrogens is 204 g/mol. The van der Waals surface area contributed by atoms with Crippen LogP contribution in [-0.2, 0) is 0 Å². The Bertz CT molecular complexity index is 148. The van der Waals surface area contributed by atoms with Crippen molar-refractivity contribution < 1.29 is 0 Å². The molecule has 0 aromatic carbocycles. The van der Waals surface area contributed by atoms with Crippen LogP contribution in [0.1, 0.15) is 6.92 Å². The molecule has 3 heteroatoms. The summed E-state index contributed by atoms with van der Waals surface area (Å²) in [4.78, 5) is 2.33. The molecule has 1 saturated heterocycles. The van der Waals surface area contributed by atoms with Crippen molar-refractivity contribution in [1.29, 1.82) is 0 Å². The van der Waals surface area contributed by atoms with Gasteiger partial charge in [0.15, 0.2) is 0 Å². The van der Waals surface area contributed by atoms with Crippen molar-refractivity contribution in [2.75, 3.05) is 19.6 Å². The van der Waals surface area contributed by atoms with Gasteiger partial charge in [0, 0.05) is 30.2 Å². The molecule has 1 rings (SSSR count). The number of likely N-dealkylation sites (tertiary alicyclic amines) is 1. The van der Waals surface area contributed by atoms with E-state index in [1.54, 1.807) is 0 Å². The maximum absolute atomic E-state index is 5.86. The van der Waals surface area contributed by atoms with Crippen LogP contribution < -0.4 is 5.73 Å². The molecule has 0 amide bonds. The summed E-state index contributed by atoms with van der Waals surface area (Å²) in [5, 5.41) is 0. The van der Waals surface area contributed by atoms with Gasteiger partial charge in [0.1, 0.15) is 0 Å². The van der Waals surface area contributed by atoms with Crippen molar-refractivity contribution in [3.63, 3.8) is 0 Å². The van der Waals surface area contributed by atoms with Crippen LogP contribution in [0.25, 0.3) is 0 Å². The van der Waals surface area contributed by atoms with Gasteiger partial charge in [0.25, 0.3) is 0 Å². The lowest BCUT2D eigenvalue weighted by molar-refractivity contribution is 0.361. The second-order valence-electron chi connectivity index (χ2n) is 3.35. The summed E-state index contributed by atoms with van der Waals surface area (Å²) in [6, 6.07) is 0.349. The van der Waals surface area contributed by atoms with E-state index in [4.69, 9.17) is 5.73 Å². The molecule has 0 bridgehead atoms. The zero-order chi connectivity index (χ0) is 8.43. The Morgan fingerprint density at radius 2 is 2.36 bits per heavy atom. The number of hydrogen-bond acceptors (Lipinski definition) is 2. The van der Waals surface area contributed by atoms with E-state index in [0.717, 1.165) is 24.1 Å². The summed E-state index contributed by atoms with van der Waals surface area (Å²) in [6.45, 7) is 9.04. The van der Waals surface area contributed by atoms with Crippen molar-refractivity contribution in [3.05, 3.63) is 11.1 Å². The molecule has 0 radical (unpaired) electrons. The SMILES string of the molecule is C=C(Br)CN1CC(C)C(N)C1. The Kier molecular flexibility index (Phi) is 3.10. The molecule has 1 aliphatic heterocycles. The highest BCUT2D eigenvalue weighted by Gasteiger charge is 2.25. The number of halogens is 1. The van der Waals surface area contributed by atoms with Crippen LogP contribution in [0.15, 0.2) is 11.1 Å². The fourth-order valence-corrected chi connectivity index (χ4v) is 1.82. The van der Waals surface area contributed by atoms with E-state index in [0.29, 0.717) is 12.0 Å². The van der Waals surface area contributed by atoms with Crippen LogP contribution in [0, 0.1) is 5.92 Å². The van der Waals surface area contributed by atoms with E-state index in [1.807, 2.05) is 0 Å². The zero-order valence-electron chi connectivity index (χ0n) is 6.89. The maximum Gasteiger partial charge on any atom is 0.0294 e. The van der Waals surface area contributed by atoms with E-state index >= 15 is 0 Å². The van der Waals surface area contributed by atoms with Crippen LogP contribution in [0.2, 0.25) is 0 Å². The molecule has 1 heterocycles. The van der Waals surface area contributed by atoms with Gasteiger partial charge >= 0.3 is 0 Å². The van der Waals surface area contributed by atoms with Gasteiger partial charge in [0.2, 0.25) is 0 Å². The second kappa shape index (κ2) is 3.70. The molecule has 2 atom stereocenters. The second-order valence-corrected chi connectivity index (χ2v) is 4.47. The van der Waals surface area contributed by atoms with Gasteiger partial charge in [-0.1, -0.05) is 29.4 Å². The van der Waals surface area contributed by atoms with Crippen LogP contribution in [0.3, 0.4) is 0 Å². The van der Waals surface area contributed by atoms with Crippen molar-refractivity contribution in [3.8, 4) is 0 Å². The van der Waals surface area contributed by atoms with E-state index in [9.17, 15) is 0 Å². The van der Waals surface area contributed by atoms with Gasteiger partial charge in [-0.05, 0) is 5.92 Å². The molecule has 0 aliphatic carbocycles. The van der Waals surface area contributed by atoms with Crippen molar-refractivity contribution in [2.24, 2.45) is 11.7 Å². The van der Waals surface area contributed by atoms with Gasteiger partial charge in [-0.2, -0.15) is 0 Å². The Morgan fingerprint density at radius 1 is 1.73 bits per heavy atom. The molecule has 64 valence electrons.